The molecule has 2 aromatic rings. The van der Waals surface area contributed by atoms with Crippen molar-refractivity contribution in [1.29, 1.82) is 0 Å². The fourth-order valence-corrected chi connectivity index (χ4v) is 2.10. The van der Waals surface area contributed by atoms with Gasteiger partial charge in [0, 0.05) is 29.5 Å². The molecule has 90 valence electrons. The molecule has 1 atom stereocenters. The van der Waals surface area contributed by atoms with E-state index in [0.717, 1.165) is 10.0 Å². The molecule has 0 bridgehead atoms. The molecule has 4 nitrogen and oxygen atoms in total. The molecule has 1 N–H and O–H groups in total. The first-order valence-corrected chi connectivity index (χ1v) is 5.91. The van der Waals surface area contributed by atoms with Crippen molar-refractivity contribution in [2.75, 3.05) is 7.11 Å². The highest BCUT2D eigenvalue weighted by atomic mass is 79.9. The van der Waals surface area contributed by atoms with E-state index >= 15 is 0 Å². The van der Waals surface area contributed by atoms with Gasteiger partial charge in [-0.15, -0.1) is 0 Å². The number of hydrogen-bond donors (Lipinski definition) is 1. The van der Waals surface area contributed by atoms with Crippen LogP contribution in [0.15, 0.2) is 35.1 Å². The summed E-state index contributed by atoms with van der Waals surface area (Å²) in [6, 6.07) is 5.47. The third-order valence-corrected chi connectivity index (χ3v) is 3.32. The molecule has 1 unspecified atom stereocenters. The second-order valence-electron chi connectivity index (χ2n) is 3.69. The van der Waals surface area contributed by atoms with E-state index in [4.69, 9.17) is 4.74 Å². The minimum absolute atomic E-state index is 0.596. The van der Waals surface area contributed by atoms with E-state index < -0.39 is 6.10 Å². The molecule has 0 radical (unpaired) electrons. The zero-order valence-electron chi connectivity index (χ0n) is 9.59. The molecule has 2 rings (SSSR count). The first kappa shape index (κ1) is 12.1. The minimum atomic E-state index is -0.778. The molecule has 1 aromatic carbocycles. The third kappa shape index (κ3) is 2.35. The fourth-order valence-electron chi connectivity index (χ4n) is 1.64. The van der Waals surface area contributed by atoms with Crippen LogP contribution >= 0.6 is 15.9 Å². The van der Waals surface area contributed by atoms with Crippen molar-refractivity contribution in [3.05, 3.63) is 46.5 Å². The highest BCUT2D eigenvalue weighted by Gasteiger charge is 2.18. The highest BCUT2D eigenvalue weighted by molar-refractivity contribution is 9.10. The number of halogens is 1. The molecule has 0 fully saturated rings. The lowest BCUT2D eigenvalue weighted by Crippen LogP contribution is -2.07. The normalized spacial score (nSPS) is 12.5. The molecule has 0 saturated carbocycles. The number of ether oxygens (including phenoxy) is 1. The molecule has 5 heteroatoms. The zero-order chi connectivity index (χ0) is 12.4. The van der Waals surface area contributed by atoms with E-state index in [1.54, 1.807) is 30.1 Å². The van der Waals surface area contributed by atoms with Crippen LogP contribution in [0.3, 0.4) is 0 Å². The van der Waals surface area contributed by atoms with Gasteiger partial charge in [-0.3, -0.25) is 0 Å². The molecule has 1 heterocycles. The first-order chi connectivity index (χ1) is 8.13. The number of hydrogen-bond acceptors (Lipinski definition) is 3. The maximum atomic E-state index is 10.3. The largest absolute Gasteiger partial charge is 0.497 e. The van der Waals surface area contributed by atoms with Crippen LogP contribution < -0.4 is 4.74 Å². The number of aromatic nitrogens is 2. The van der Waals surface area contributed by atoms with Gasteiger partial charge in [0.1, 0.15) is 17.7 Å². The summed E-state index contributed by atoms with van der Waals surface area (Å²) >= 11 is 3.42. The summed E-state index contributed by atoms with van der Waals surface area (Å²) in [5.41, 5.74) is 0.735. The van der Waals surface area contributed by atoms with Crippen LogP contribution in [0.4, 0.5) is 0 Å². The quantitative estimate of drug-likeness (QED) is 0.945. The van der Waals surface area contributed by atoms with Crippen molar-refractivity contribution in [2.45, 2.75) is 6.10 Å². The Balaban J connectivity index is 2.43. The second-order valence-corrected chi connectivity index (χ2v) is 4.54. The number of imidazole rings is 1. The zero-order valence-corrected chi connectivity index (χ0v) is 11.2. The van der Waals surface area contributed by atoms with Crippen LogP contribution in [-0.4, -0.2) is 21.8 Å². The Bertz CT molecular complexity index is 525. The molecule has 0 amide bonds. The van der Waals surface area contributed by atoms with Crippen molar-refractivity contribution in [3.63, 3.8) is 0 Å². The predicted molar refractivity (Wildman–Crippen MR) is 68.0 cm³/mol. The maximum Gasteiger partial charge on any atom is 0.142 e. The summed E-state index contributed by atoms with van der Waals surface area (Å²) in [5.74, 6) is 1.30. The van der Waals surface area contributed by atoms with Gasteiger partial charge < -0.3 is 14.4 Å². The summed E-state index contributed by atoms with van der Waals surface area (Å²) in [6.45, 7) is 0. The average molecular weight is 297 g/mol. The Morgan fingerprint density at radius 2 is 2.24 bits per heavy atom. The molecule has 0 aliphatic rings. The number of rotatable bonds is 3. The predicted octanol–water partition coefficient (Wildman–Crippen LogP) is 2.27. The first-order valence-electron chi connectivity index (χ1n) is 5.12. The van der Waals surface area contributed by atoms with Crippen LogP contribution in [0.25, 0.3) is 0 Å². The second kappa shape index (κ2) is 4.89. The molecular formula is C12H13BrN2O2. The van der Waals surface area contributed by atoms with E-state index in [9.17, 15) is 5.11 Å². The number of nitrogens with zero attached hydrogens (tertiary/aromatic N) is 2. The number of methoxy groups -OCH3 is 1. The number of aliphatic hydroxyl groups is 1. The summed E-state index contributed by atoms with van der Waals surface area (Å²) in [6.07, 6.45) is 2.68. The summed E-state index contributed by atoms with van der Waals surface area (Å²) in [4.78, 5) is 4.14. The molecule has 0 aliphatic heterocycles. The van der Waals surface area contributed by atoms with Gasteiger partial charge in [-0.05, 0) is 18.2 Å². The third-order valence-electron chi connectivity index (χ3n) is 2.60. The molecular weight excluding hydrogens is 284 g/mol. The Morgan fingerprint density at radius 3 is 2.82 bits per heavy atom. The summed E-state index contributed by atoms with van der Waals surface area (Å²) in [7, 11) is 3.44. The Labute approximate surface area is 108 Å². The topological polar surface area (TPSA) is 47.3 Å². The van der Waals surface area contributed by atoms with Gasteiger partial charge in [0.2, 0.25) is 0 Å². The Kier molecular flexibility index (Phi) is 3.49. The van der Waals surface area contributed by atoms with Crippen molar-refractivity contribution in [1.82, 2.24) is 9.55 Å². The molecule has 1 aromatic heterocycles. The summed E-state index contributed by atoms with van der Waals surface area (Å²) in [5, 5.41) is 10.3. The lowest BCUT2D eigenvalue weighted by Gasteiger charge is -2.14. The lowest BCUT2D eigenvalue weighted by atomic mass is 10.1. The van der Waals surface area contributed by atoms with Gasteiger partial charge in [0.05, 0.1) is 7.11 Å². The molecule has 0 aliphatic carbocycles. The SMILES string of the molecule is COc1ccc(Br)c(C(O)c2nccn2C)c1. The maximum absolute atomic E-state index is 10.3. The summed E-state index contributed by atoms with van der Waals surface area (Å²) < 4.78 is 7.76. The van der Waals surface area contributed by atoms with Crippen LogP contribution in [0.1, 0.15) is 17.5 Å². The van der Waals surface area contributed by atoms with Crippen molar-refractivity contribution < 1.29 is 9.84 Å². The van der Waals surface area contributed by atoms with Crippen molar-refractivity contribution in [3.8, 4) is 5.75 Å². The monoisotopic (exact) mass is 296 g/mol. The average Bonchev–Trinajstić information content (AvgIpc) is 2.75. The van der Waals surface area contributed by atoms with E-state index in [1.165, 1.54) is 0 Å². The van der Waals surface area contributed by atoms with Crippen LogP contribution in [0.5, 0.6) is 5.75 Å². The van der Waals surface area contributed by atoms with E-state index in [-0.39, 0.29) is 0 Å². The standard InChI is InChI=1S/C12H13BrN2O2/c1-15-6-5-14-12(15)11(16)9-7-8(17-2)3-4-10(9)13/h3-7,11,16H,1-2H3. The van der Waals surface area contributed by atoms with E-state index in [0.29, 0.717) is 11.6 Å². The fraction of sp³-hybridized carbons (Fsp3) is 0.250. The number of benzene rings is 1. The minimum Gasteiger partial charge on any atom is -0.497 e. The van der Waals surface area contributed by atoms with Gasteiger partial charge in [0.25, 0.3) is 0 Å². The van der Waals surface area contributed by atoms with Crippen molar-refractivity contribution in [2.24, 2.45) is 7.05 Å². The van der Waals surface area contributed by atoms with Crippen LogP contribution in [-0.2, 0) is 7.05 Å². The van der Waals surface area contributed by atoms with Crippen molar-refractivity contribution >= 4 is 15.9 Å². The molecule has 0 saturated heterocycles. The smallest absolute Gasteiger partial charge is 0.142 e. The Morgan fingerprint density at radius 1 is 1.47 bits per heavy atom. The lowest BCUT2D eigenvalue weighted by molar-refractivity contribution is 0.205. The number of aliphatic hydroxyl groups excluding tert-OH is 1. The van der Waals surface area contributed by atoms with Gasteiger partial charge in [-0.1, -0.05) is 15.9 Å². The molecule has 17 heavy (non-hydrogen) atoms. The van der Waals surface area contributed by atoms with Gasteiger partial charge >= 0.3 is 0 Å². The number of aryl methyl sites for hydroxylation is 1. The highest BCUT2D eigenvalue weighted by Crippen LogP contribution is 2.30. The van der Waals surface area contributed by atoms with E-state index in [1.807, 2.05) is 19.2 Å². The van der Waals surface area contributed by atoms with Crippen LogP contribution in [0.2, 0.25) is 0 Å². The van der Waals surface area contributed by atoms with Gasteiger partial charge in [-0.25, -0.2) is 4.98 Å². The van der Waals surface area contributed by atoms with Gasteiger partial charge in [0.15, 0.2) is 0 Å². The van der Waals surface area contributed by atoms with Gasteiger partial charge in [-0.2, -0.15) is 0 Å². The van der Waals surface area contributed by atoms with E-state index in [2.05, 4.69) is 20.9 Å². The van der Waals surface area contributed by atoms with Crippen LogP contribution in [0, 0.1) is 0 Å². The molecule has 0 spiro atoms. The Hall–Kier alpha value is -1.33.